The number of benzene rings is 3. The van der Waals surface area contributed by atoms with E-state index in [0.717, 1.165) is 26.2 Å². The number of fused-ring (bicyclic) bond motifs is 3. The van der Waals surface area contributed by atoms with E-state index in [2.05, 4.69) is 119 Å². The Morgan fingerprint density at radius 1 is 0.677 bits per heavy atom. The number of hydrogen-bond acceptors (Lipinski definition) is 1. The van der Waals surface area contributed by atoms with Crippen molar-refractivity contribution < 1.29 is 0 Å². The normalized spacial score (nSPS) is 11.7. The van der Waals surface area contributed by atoms with Gasteiger partial charge in [0.2, 0.25) is 0 Å². The van der Waals surface area contributed by atoms with Crippen LogP contribution in [0.2, 0.25) is 0 Å². The van der Waals surface area contributed by atoms with Crippen molar-refractivity contribution in [1.29, 1.82) is 0 Å². The zero-order valence-corrected chi connectivity index (χ0v) is 18.3. The first-order chi connectivity index (χ1) is 15.3. The van der Waals surface area contributed by atoms with Crippen LogP contribution < -0.4 is 0 Å². The zero-order chi connectivity index (χ0) is 21.2. The van der Waals surface area contributed by atoms with Gasteiger partial charge >= 0.3 is 0 Å². The average molecular weight is 408 g/mol. The smallest absolute Gasteiger partial charge is 0.126 e. The summed E-state index contributed by atoms with van der Waals surface area (Å²) in [6, 6.07) is 30.4. The van der Waals surface area contributed by atoms with Gasteiger partial charge in [0.05, 0.1) is 11.0 Å². The van der Waals surface area contributed by atoms with E-state index in [9.17, 15) is 0 Å². The van der Waals surface area contributed by atoms with Gasteiger partial charge in [-0.2, -0.15) is 0 Å². The van der Waals surface area contributed by atoms with Crippen LogP contribution in [0.5, 0.6) is 0 Å². The minimum Gasteiger partial charge on any atom is -0.324 e. The highest BCUT2D eigenvalue weighted by Crippen LogP contribution is 2.39. The summed E-state index contributed by atoms with van der Waals surface area (Å²) < 4.78 is 4.91. The lowest BCUT2D eigenvalue weighted by Crippen LogP contribution is -2.27. The van der Waals surface area contributed by atoms with Crippen molar-refractivity contribution in [2.75, 3.05) is 19.6 Å². The summed E-state index contributed by atoms with van der Waals surface area (Å²) in [5.74, 6) is 0. The molecule has 0 aliphatic heterocycles. The number of aromatic nitrogens is 2. The van der Waals surface area contributed by atoms with Crippen molar-refractivity contribution in [2.24, 2.45) is 0 Å². The van der Waals surface area contributed by atoms with Gasteiger partial charge in [-0.05, 0) is 36.3 Å². The van der Waals surface area contributed by atoms with Crippen LogP contribution in [0.25, 0.3) is 38.9 Å². The van der Waals surface area contributed by atoms with Gasteiger partial charge in [0.25, 0.3) is 0 Å². The first-order valence-corrected chi connectivity index (χ1v) is 11.3. The lowest BCUT2D eigenvalue weighted by Gasteiger charge is -2.19. The van der Waals surface area contributed by atoms with Gasteiger partial charge in [0.1, 0.15) is 5.65 Å². The van der Waals surface area contributed by atoms with Gasteiger partial charge in [-0.25, -0.2) is 0 Å². The Kier molecular flexibility index (Phi) is 5.35. The maximum Gasteiger partial charge on any atom is 0.126 e. The second-order valence-corrected chi connectivity index (χ2v) is 8.01. The maximum absolute atomic E-state index is 2.52. The van der Waals surface area contributed by atoms with E-state index >= 15 is 0 Å². The molecule has 2 heterocycles. The van der Waals surface area contributed by atoms with Crippen LogP contribution in [-0.4, -0.2) is 33.5 Å². The number of imidazole rings is 1. The Labute approximate surface area is 184 Å². The fourth-order valence-corrected chi connectivity index (χ4v) is 4.69. The maximum atomic E-state index is 2.52. The van der Waals surface area contributed by atoms with Crippen LogP contribution in [-0.2, 0) is 6.54 Å². The molecule has 5 aromatic rings. The van der Waals surface area contributed by atoms with E-state index in [1.165, 1.54) is 38.9 Å². The van der Waals surface area contributed by atoms with Crippen LogP contribution in [0, 0.1) is 0 Å². The molecular weight excluding hydrogens is 378 g/mol. The molecule has 0 aliphatic rings. The fraction of sp³-hybridized carbons (Fsp3) is 0.214. The van der Waals surface area contributed by atoms with E-state index in [-0.39, 0.29) is 0 Å². The first-order valence-electron chi connectivity index (χ1n) is 11.3. The molecule has 0 unspecified atom stereocenters. The van der Waals surface area contributed by atoms with E-state index in [4.69, 9.17) is 0 Å². The van der Waals surface area contributed by atoms with Gasteiger partial charge in [-0.3, -0.25) is 4.40 Å². The topological polar surface area (TPSA) is 12.6 Å². The molecule has 156 valence electrons. The van der Waals surface area contributed by atoms with Crippen molar-refractivity contribution in [3.05, 3.63) is 91.1 Å². The SMILES string of the molecule is CCN(CC)CCn1c2ccccc2n2cc(-c3ccccc3)c(-c3ccccc3)c12. The van der Waals surface area contributed by atoms with E-state index < -0.39 is 0 Å². The molecule has 3 heteroatoms. The van der Waals surface area contributed by atoms with Crippen LogP contribution in [0.15, 0.2) is 91.1 Å². The Bertz CT molecular complexity index is 1290. The van der Waals surface area contributed by atoms with Crippen molar-refractivity contribution in [2.45, 2.75) is 20.4 Å². The molecule has 5 rings (SSSR count). The average Bonchev–Trinajstić information content (AvgIpc) is 3.36. The molecule has 0 fully saturated rings. The van der Waals surface area contributed by atoms with Crippen molar-refractivity contribution >= 4 is 16.7 Å². The Morgan fingerprint density at radius 2 is 1.26 bits per heavy atom. The van der Waals surface area contributed by atoms with Gasteiger partial charge in [-0.1, -0.05) is 86.6 Å². The molecule has 3 aromatic carbocycles. The predicted octanol–water partition coefficient (Wildman–Crippen LogP) is 6.57. The summed E-state index contributed by atoms with van der Waals surface area (Å²) in [7, 11) is 0. The number of para-hydroxylation sites is 2. The van der Waals surface area contributed by atoms with Crippen LogP contribution in [0.3, 0.4) is 0 Å². The van der Waals surface area contributed by atoms with Crippen molar-refractivity contribution in [3.8, 4) is 22.3 Å². The molecule has 0 N–H and O–H groups in total. The number of hydrogen-bond donors (Lipinski definition) is 0. The lowest BCUT2D eigenvalue weighted by molar-refractivity contribution is 0.293. The van der Waals surface area contributed by atoms with Gasteiger partial charge in [0.15, 0.2) is 0 Å². The first kappa shape index (κ1) is 19.7. The molecule has 0 saturated heterocycles. The Hall–Kier alpha value is -3.30. The second-order valence-electron chi connectivity index (χ2n) is 8.01. The third kappa shape index (κ3) is 3.45. The van der Waals surface area contributed by atoms with Gasteiger partial charge in [-0.15, -0.1) is 0 Å². The highest BCUT2D eigenvalue weighted by atomic mass is 15.2. The van der Waals surface area contributed by atoms with Crippen molar-refractivity contribution in [3.63, 3.8) is 0 Å². The quantitative estimate of drug-likeness (QED) is 0.297. The molecule has 0 bridgehead atoms. The van der Waals surface area contributed by atoms with Crippen LogP contribution >= 0.6 is 0 Å². The molecule has 0 saturated carbocycles. The number of likely N-dealkylation sites (N-methyl/N-ethyl adjacent to an activating group) is 1. The summed E-state index contributed by atoms with van der Waals surface area (Å²) in [5.41, 5.74) is 8.93. The van der Waals surface area contributed by atoms with E-state index in [1.807, 2.05) is 0 Å². The monoisotopic (exact) mass is 407 g/mol. The van der Waals surface area contributed by atoms with E-state index in [1.54, 1.807) is 0 Å². The highest BCUT2D eigenvalue weighted by molar-refractivity contribution is 5.98. The molecule has 3 nitrogen and oxygen atoms in total. The third-order valence-electron chi connectivity index (χ3n) is 6.35. The largest absolute Gasteiger partial charge is 0.324 e. The summed E-state index contributed by atoms with van der Waals surface area (Å²) in [4.78, 5) is 2.49. The van der Waals surface area contributed by atoms with Gasteiger partial charge < -0.3 is 9.47 Å². The van der Waals surface area contributed by atoms with Gasteiger partial charge in [0, 0.05) is 30.4 Å². The zero-order valence-electron chi connectivity index (χ0n) is 18.3. The van der Waals surface area contributed by atoms with Crippen LogP contribution in [0.1, 0.15) is 13.8 Å². The molecule has 0 radical (unpaired) electrons. The minimum absolute atomic E-state index is 0.969. The Balaban J connectivity index is 1.81. The second kappa shape index (κ2) is 8.44. The molecule has 2 aromatic heterocycles. The highest BCUT2D eigenvalue weighted by Gasteiger charge is 2.21. The summed E-state index contributed by atoms with van der Waals surface area (Å²) in [6.07, 6.45) is 2.32. The summed E-state index contributed by atoms with van der Waals surface area (Å²) in [6.45, 7) is 8.65. The fourth-order valence-electron chi connectivity index (χ4n) is 4.69. The molecule has 0 aliphatic carbocycles. The lowest BCUT2D eigenvalue weighted by atomic mass is 9.98. The molecule has 0 amide bonds. The minimum atomic E-state index is 0.969. The Morgan fingerprint density at radius 3 is 1.90 bits per heavy atom. The third-order valence-corrected chi connectivity index (χ3v) is 6.35. The molecule has 0 atom stereocenters. The molecule has 0 spiro atoms. The number of rotatable bonds is 7. The summed E-state index contributed by atoms with van der Waals surface area (Å²) in [5, 5.41) is 0. The van der Waals surface area contributed by atoms with E-state index in [0.29, 0.717) is 0 Å². The molecular formula is C28H29N3. The molecule has 31 heavy (non-hydrogen) atoms. The van der Waals surface area contributed by atoms with Crippen LogP contribution in [0.4, 0.5) is 0 Å². The predicted molar refractivity (Wildman–Crippen MR) is 132 cm³/mol. The van der Waals surface area contributed by atoms with Crippen molar-refractivity contribution in [1.82, 2.24) is 13.9 Å². The number of nitrogens with zero attached hydrogens (tertiary/aromatic N) is 3. The standard InChI is InChI=1S/C28H29N3/c1-3-29(4-2)19-20-30-25-17-11-12-18-26(25)31-21-24(22-13-7-5-8-14-22)27(28(30)31)23-15-9-6-10-16-23/h5-18,21H,3-4,19-20H2,1-2H3. The summed E-state index contributed by atoms with van der Waals surface area (Å²) >= 11 is 0.